The van der Waals surface area contributed by atoms with E-state index in [4.69, 9.17) is 15.2 Å². The van der Waals surface area contributed by atoms with Gasteiger partial charge in [-0.05, 0) is 38.1 Å². The summed E-state index contributed by atoms with van der Waals surface area (Å²) in [6, 6.07) is 7.59. The van der Waals surface area contributed by atoms with Crippen LogP contribution in [0.5, 0.6) is 5.75 Å². The van der Waals surface area contributed by atoms with E-state index in [1.54, 1.807) is 12.1 Å². The molecule has 1 rings (SSSR count). The van der Waals surface area contributed by atoms with Crippen LogP contribution in [0.3, 0.4) is 0 Å². The van der Waals surface area contributed by atoms with Crippen LogP contribution in [0.15, 0.2) is 24.3 Å². The first kappa shape index (κ1) is 14.3. The van der Waals surface area contributed by atoms with E-state index in [9.17, 15) is 4.79 Å². The number of rotatable bonds is 8. The first-order valence-corrected chi connectivity index (χ1v) is 5.97. The number of nitrogens with one attached hydrogen (secondary N) is 1. The third-order valence-corrected chi connectivity index (χ3v) is 2.22. The van der Waals surface area contributed by atoms with E-state index < -0.39 is 5.91 Å². The van der Waals surface area contributed by atoms with Crippen molar-refractivity contribution in [3.63, 3.8) is 0 Å². The van der Waals surface area contributed by atoms with Crippen LogP contribution in [-0.4, -0.2) is 31.8 Å². The maximum absolute atomic E-state index is 10.6. The van der Waals surface area contributed by atoms with Crippen LogP contribution >= 0.6 is 0 Å². The van der Waals surface area contributed by atoms with Gasteiger partial charge in [0.1, 0.15) is 5.75 Å². The van der Waals surface area contributed by atoms with E-state index in [-0.39, 0.29) is 12.6 Å². The minimum atomic E-state index is -0.484. The lowest BCUT2D eigenvalue weighted by Gasteiger charge is -2.15. The lowest BCUT2D eigenvalue weighted by molar-refractivity contribution is -0.119. The zero-order valence-corrected chi connectivity index (χ0v) is 10.8. The molecule has 0 aliphatic rings. The molecular weight excluding hydrogens is 232 g/mol. The number of ether oxygens (including phenoxy) is 2. The fourth-order valence-electron chi connectivity index (χ4n) is 1.42. The minimum absolute atomic E-state index is 0.104. The molecular formula is C13H20N2O3. The highest BCUT2D eigenvalue weighted by Gasteiger charge is 2.02. The standard InChI is InChI=1S/C13H20N2O3/c1-3-17-8-10(2)15-11-4-6-12(7-5-11)18-9-13(14)16/h4-7,10,15H,3,8-9H2,1-2H3,(H2,14,16). The number of primary amides is 1. The SMILES string of the molecule is CCOCC(C)Nc1ccc(OCC(N)=O)cc1. The van der Waals surface area contributed by atoms with Gasteiger partial charge in [-0.15, -0.1) is 0 Å². The second-order valence-electron chi connectivity index (χ2n) is 3.98. The van der Waals surface area contributed by atoms with E-state index in [1.165, 1.54) is 0 Å². The van der Waals surface area contributed by atoms with Crippen LogP contribution in [0, 0.1) is 0 Å². The zero-order chi connectivity index (χ0) is 13.4. The second kappa shape index (κ2) is 7.55. The molecule has 0 aliphatic heterocycles. The van der Waals surface area contributed by atoms with Crippen molar-refractivity contribution in [2.75, 3.05) is 25.1 Å². The topological polar surface area (TPSA) is 73.6 Å². The molecule has 0 fully saturated rings. The molecule has 1 atom stereocenters. The van der Waals surface area contributed by atoms with Gasteiger partial charge in [0.05, 0.1) is 6.61 Å². The van der Waals surface area contributed by atoms with Gasteiger partial charge < -0.3 is 20.5 Å². The van der Waals surface area contributed by atoms with Crippen LogP contribution in [0.2, 0.25) is 0 Å². The van der Waals surface area contributed by atoms with Crippen LogP contribution in [-0.2, 0) is 9.53 Å². The van der Waals surface area contributed by atoms with E-state index >= 15 is 0 Å². The summed E-state index contributed by atoms with van der Waals surface area (Å²) in [4.78, 5) is 10.6. The highest BCUT2D eigenvalue weighted by atomic mass is 16.5. The number of nitrogens with two attached hydrogens (primary N) is 1. The fraction of sp³-hybridized carbons (Fsp3) is 0.462. The number of anilines is 1. The average Bonchev–Trinajstić information content (AvgIpc) is 2.35. The maximum Gasteiger partial charge on any atom is 0.255 e. The van der Waals surface area contributed by atoms with Crippen molar-refractivity contribution in [2.24, 2.45) is 5.73 Å². The number of hydrogen-bond donors (Lipinski definition) is 2. The van der Waals surface area contributed by atoms with Gasteiger partial charge in [-0.25, -0.2) is 0 Å². The minimum Gasteiger partial charge on any atom is -0.484 e. The van der Waals surface area contributed by atoms with Gasteiger partial charge in [-0.2, -0.15) is 0 Å². The van der Waals surface area contributed by atoms with Gasteiger partial charge in [0.2, 0.25) is 0 Å². The Morgan fingerprint density at radius 2 is 2.06 bits per heavy atom. The molecule has 0 bridgehead atoms. The summed E-state index contributed by atoms with van der Waals surface area (Å²) >= 11 is 0. The van der Waals surface area contributed by atoms with Gasteiger partial charge in [0.15, 0.2) is 6.61 Å². The lowest BCUT2D eigenvalue weighted by Crippen LogP contribution is -2.21. The van der Waals surface area contributed by atoms with Gasteiger partial charge in [0.25, 0.3) is 5.91 Å². The van der Waals surface area contributed by atoms with Gasteiger partial charge in [-0.1, -0.05) is 0 Å². The Morgan fingerprint density at radius 3 is 2.61 bits per heavy atom. The Kier molecular flexibility index (Phi) is 6.00. The molecule has 1 aromatic rings. The summed E-state index contributed by atoms with van der Waals surface area (Å²) in [5.74, 6) is 0.138. The number of hydrogen-bond acceptors (Lipinski definition) is 4. The zero-order valence-electron chi connectivity index (χ0n) is 10.8. The molecule has 0 heterocycles. The number of carbonyl (C=O) groups excluding carboxylic acids is 1. The van der Waals surface area contributed by atoms with E-state index in [0.29, 0.717) is 19.0 Å². The molecule has 5 heteroatoms. The Labute approximate surface area is 107 Å². The number of carbonyl (C=O) groups is 1. The molecule has 100 valence electrons. The van der Waals surface area contributed by atoms with Crippen LogP contribution in [0.1, 0.15) is 13.8 Å². The van der Waals surface area contributed by atoms with Gasteiger partial charge in [-0.3, -0.25) is 4.79 Å². The van der Waals surface area contributed by atoms with E-state index in [1.807, 2.05) is 26.0 Å². The Hall–Kier alpha value is -1.75. The Morgan fingerprint density at radius 1 is 1.39 bits per heavy atom. The van der Waals surface area contributed by atoms with Gasteiger partial charge in [0, 0.05) is 18.3 Å². The molecule has 1 aromatic carbocycles. The molecule has 0 saturated carbocycles. The Balaban J connectivity index is 2.42. The third-order valence-electron chi connectivity index (χ3n) is 2.22. The number of benzene rings is 1. The fourth-order valence-corrected chi connectivity index (χ4v) is 1.42. The van der Waals surface area contributed by atoms with Crippen molar-refractivity contribution >= 4 is 11.6 Å². The predicted octanol–water partition coefficient (Wildman–Crippen LogP) is 1.39. The Bertz CT molecular complexity index is 365. The molecule has 18 heavy (non-hydrogen) atoms. The molecule has 1 unspecified atom stereocenters. The molecule has 0 aromatic heterocycles. The summed E-state index contributed by atoms with van der Waals surface area (Å²) in [5.41, 5.74) is 5.97. The van der Waals surface area contributed by atoms with E-state index in [0.717, 1.165) is 5.69 Å². The van der Waals surface area contributed by atoms with Crippen molar-refractivity contribution in [3.05, 3.63) is 24.3 Å². The summed E-state index contributed by atoms with van der Waals surface area (Å²) in [6.07, 6.45) is 0. The highest BCUT2D eigenvalue weighted by molar-refractivity contribution is 5.75. The summed E-state index contributed by atoms with van der Waals surface area (Å²) < 4.78 is 10.5. The normalized spacial score (nSPS) is 11.9. The second-order valence-corrected chi connectivity index (χ2v) is 3.98. The van der Waals surface area contributed by atoms with Crippen molar-refractivity contribution in [1.82, 2.24) is 0 Å². The van der Waals surface area contributed by atoms with Crippen LogP contribution in [0.4, 0.5) is 5.69 Å². The first-order chi connectivity index (χ1) is 8.61. The monoisotopic (exact) mass is 252 g/mol. The maximum atomic E-state index is 10.6. The quantitative estimate of drug-likeness (QED) is 0.733. The van der Waals surface area contributed by atoms with Gasteiger partial charge >= 0.3 is 0 Å². The van der Waals surface area contributed by atoms with Crippen LogP contribution < -0.4 is 15.8 Å². The largest absolute Gasteiger partial charge is 0.484 e. The van der Waals surface area contributed by atoms with Crippen LogP contribution in [0.25, 0.3) is 0 Å². The molecule has 0 spiro atoms. The molecule has 0 radical (unpaired) electrons. The van der Waals surface area contributed by atoms with E-state index in [2.05, 4.69) is 5.32 Å². The molecule has 3 N–H and O–H groups in total. The lowest BCUT2D eigenvalue weighted by atomic mass is 10.2. The summed E-state index contributed by atoms with van der Waals surface area (Å²) in [5, 5.41) is 3.30. The highest BCUT2D eigenvalue weighted by Crippen LogP contribution is 2.16. The average molecular weight is 252 g/mol. The van der Waals surface area contributed by atoms with Crippen molar-refractivity contribution in [2.45, 2.75) is 19.9 Å². The van der Waals surface area contributed by atoms with Crippen molar-refractivity contribution < 1.29 is 14.3 Å². The predicted molar refractivity (Wildman–Crippen MR) is 70.7 cm³/mol. The van der Waals surface area contributed by atoms with Crippen molar-refractivity contribution in [3.8, 4) is 5.75 Å². The molecule has 5 nitrogen and oxygen atoms in total. The first-order valence-electron chi connectivity index (χ1n) is 5.97. The smallest absolute Gasteiger partial charge is 0.255 e. The third kappa shape index (κ3) is 5.54. The summed E-state index contributed by atoms with van der Waals surface area (Å²) in [7, 11) is 0. The number of amides is 1. The summed E-state index contributed by atoms with van der Waals surface area (Å²) in [6.45, 7) is 5.29. The van der Waals surface area contributed by atoms with Crippen molar-refractivity contribution in [1.29, 1.82) is 0 Å². The molecule has 0 aliphatic carbocycles. The molecule has 1 amide bonds. The molecule has 0 saturated heterocycles.